The number of aryl methyl sites for hydroxylation is 2. The van der Waals surface area contributed by atoms with Crippen LogP contribution in [0.1, 0.15) is 32.4 Å². The number of aliphatic imine (C=N–C) groups is 2. The molecule has 0 saturated heterocycles. The van der Waals surface area contributed by atoms with Gasteiger partial charge in [-0.15, -0.1) is 10.6 Å². The zero-order chi connectivity index (χ0) is 23.6. The number of rotatable bonds is 7. The quantitative estimate of drug-likeness (QED) is 0.480. The summed E-state index contributed by atoms with van der Waals surface area (Å²) < 4.78 is 29.8. The molecule has 2 aromatic heterocycles. The molecular weight excluding hydrogens is 444 g/mol. The molecule has 0 spiro atoms. The van der Waals surface area contributed by atoms with Crippen LogP contribution < -0.4 is 10.3 Å². The molecule has 3 heterocycles. The van der Waals surface area contributed by atoms with Crippen molar-refractivity contribution in [3.8, 4) is 17.1 Å². The van der Waals surface area contributed by atoms with Gasteiger partial charge in [-0.25, -0.2) is 4.98 Å². The Morgan fingerprint density at radius 2 is 2.03 bits per heavy atom. The Morgan fingerprint density at radius 3 is 2.73 bits per heavy atom. The van der Waals surface area contributed by atoms with E-state index in [0.29, 0.717) is 49.1 Å². The Labute approximate surface area is 192 Å². The first-order valence-electron chi connectivity index (χ1n) is 10.9. The smallest absolute Gasteiger partial charge is 0.277 e. The molecule has 4 rings (SSSR count). The van der Waals surface area contributed by atoms with Crippen molar-refractivity contribution in [2.75, 3.05) is 19.7 Å². The summed E-state index contributed by atoms with van der Waals surface area (Å²) in [5.74, 6) is 0.532. The fourth-order valence-corrected chi connectivity index (χ4v) is 5.15. The number of fused-ring (bicyclic) bond motifs is 1. The maximum Gasteiger partial charge on any atom is 0.277 e. The predicted molar refractivity (Wildman–Crippen MR) is 131 cm³/mol. The van der Waals surface area contributed by atoms with Gasteiger partial charge >= 0.3 is 0 Å². The van der Waals surface area contributed by atoms with E-state index in [2.05, 4.69) is 20.1 Å². The topological polar surface area (TPSA) is 138 Å². The number of hydrogen-bond donors (Lipinski definition) is 3. The molecule has 3 N–H and O–H groups in total. The Bertz CT molecular complexity index is 1290. The molecule has 0 saturated carbocycles. The van der Waals surface area contributed by atoms with Crippen LogP contribution >= 0.6 is 10.6 Å². The molecule has 1 aromatic carbocycles. The minimum absolute atomic E-state index is 0.113. The molecule has 3 aromatic rings. The summed E-state index contributed by atoms with van der Waals surface area (Å²) in [4.78, 5) is 29.1. The van der Waals surface area contributed by atoms with Gasteiger partial charge in [0.25, 0.3) is 5.56 Å². The number of ether oxygens (including phenoxy) is 1. The molecule has 10 nitrogen and oxygen atoms in total. The molecule has 11 heteroatoms. The van der Waals surface area contributed by atoms with Crippen LogP contribution in [-0.4, -0.2) is 59.8 Å². The average molecular weight is 473 g/mol. The first-order chi connectivity index (χ1) is 15.9. The summed E-state index contributed by atoms with van der Waals surface area (Å²) in [6, 6.07) is 5.01. The Balaban J connectivity index is 1.93. The van der Waals surface area contributed by atoms with E-state index in [4.69, 9.17) is 9.72 Å². The summed E-state index contributed by atoms with van der Waals surface area (Å²) in [6.45, 7) is 5.24. The van der Waals surface area contributed by atoms with Gasteiger partial charge in [0.05, 0.1) is 37.2 Å². The molecular formula is C22H28N6O4S. The highest BCUT2D eigenvalue weighted by molar-refractivity contribution is 8.38. The third kappa shape index (κ3) is 4.31. The number of para-hydroxylation sites is 1. The number of H-pyrrole nitrogens is 1. The van der Waals surface area contributed by atoms with E-state index in [-0.39, 0.29) is 27.1 Å². The van der Waals surface area contributed by atoms with Gasteiger partial charge in [0.15, 0.2) is 16.3 Å². The van der Waals surface area contributed by atoms with Crippen LogP contribution in [0.15, 0.2) is 37.9 Å². The van der Waals surface area contributed by atoms with Crippen LogP contribution in [0.5, 0.6) is 5.75 Å². The zero-order valence-corrected chi connectivity index (χ0v) is 19.7. The summed E-state index contributed by atoms with van der Waals surface area (Å²) in [6.07, 6.45) is 3.66. The zero-order valence-electron chi connectivity index (χ0n) is 18.9. The second-order valence-electron chi connectivity index (χ2n) is 7.72. The van der Waals surface area contributed by atoms with Gasteiger partial charge in [-0.05, 0) is 25.0 Å². The van der Waals surface area contributed by atoms with Gasteiger partial charge in [0.1, 0.15) is 16.2 Å². The minimum Gasteiger partial charge on any atom is -0.491 e. The molecule has 176 valence electrons. The third-order valence-corrected chi connectivity index (χ3v) is 6.98. The predicted octanol–water partition coefficient (Wildman–Crippen LogP) is 3.66. The summed E-state index contributed by atoms with van der Waals surface area (Å²) in [5, 5.41) is 4.57. The molecule has 0 unspecified atom stereocenters. The van der Waals surface area contributed by atoms with Crippen molar-refractivity contribution in [1.82, 2.24) is 19.7 Å². The number of aromatic amines is 1. The molecule has 0 aliphatic carbocycles. The summed E-state index contributed by atoms with van der Waals surface area (Å²) >= 11 is 0. The largest absolute Gasteiger partial charge is 0.491 e. The number of benzene rings is 1. The second-order valence-corrected chi connectivity index (χ2v) is 9.67. The summed E-state index contributed by atoms with van der Waals surface area (Å²) in [5.41, 5.74) is 1.80. The highest BCUT2D eigenvalue weighted by Crippen LogP contribution is 2.55. The maximum absolute atomic E-state index is 12.9. The normalized spacial score (nSPS) is 14.5. The van der Waals surface area contributed by atoms with Crippen LogP contribution in [0, 0.1) is 0 Å². The lowest BCUT2D eigenvalue weighted by Gasteiger charge is -2.34. The number of nitrogens with zero attached hydrogens (tertiary/aromatic N) is 5. The van der Waals surface area contributed by atoms with E-state index in [1.807, 2.05) is 13.8 Å². The van der Waals surface area contributed by atoms with Gasteiger partial charge in [0, 0.05) is 7.05 Å². The molecule has 0 fully saturated rings. The molecule has 0 radical (unpaired) electrons. The lowest BCUT2D eigenvalue weighted by atomic mass is 10.1. The molecule has 0 atom stereocenters. The van der Waals surface area contributed by atoms with E-state index in [1.54, 1.807) is 25.2 Å². The van der Waals surface area contributed by atoms with Crippen molar-refractivity contribution in [3.05, 3.63) is 34.2 Å². The molecule has 0 bridgehead atoms. The Hall–Kier alpha value is -3.02. The van der Waals surface area contributed by atoms with Crippen molar-refractivity contribution in [2.24, 2.45) is 17.0 Å². The molecule has 0 amide bonds. The van der Waals surface area contributed by atoms with Crippen LogP contribution in [0.2, 0.25) is 0 Å². The number of aromatic nitrogens is 4. The highest BCUT2D eigenvalue weighted by atomic mass is 32.3. The molecule has 33 heavy (non-hydrogen) atoms. The fourth-order valence-electron chi connectivity index (χ4n) is 3.74. The van der Waals surface area contributed by atoms with Crippen LogP contribution in [0.4, 0.5) is 0 Å². The second kappa shape index (κ2) is 9.46. The van der Waals surface area contributed by atoms with Crippen molar-refractivity contribution in [3.63, 3.8) is 0 Å². The molecule has 1 aliphatic rings. The van der Waals surface area contributed by atoms with E-state index in [1.165, 1.54) is 10.9 Å². The van der Waals surface area contributed by atoms with Crippen molar-refractivity contribution < 1.29 is 13.8 Å². The minimum atomic E-state index is -3.48. The van der Waals surface area contributed by atoms with Crippen molar-refractivity contribution >= 4 is 32.9 Å². The third-order valence-electron chi connectivity index (χ3n) is 5.23. The molecule has 1 aliphatic heterocycles. The van der Waals surface area contributed by atoms with Crippen molar-refractivity contribution in [2.45, 2.75) is 38.0 Å². The first kappa shape index (κ1) is 23.1. The number of hydrogen-bond acceptors (Lipinski definition) is 8. The van der Waals surface area contributed by atoms with Crippen LogP contribution in [0.25, 0.3) is 22.4 Å². The maximum atomic E-state index is 12.9. The lowest BCUT2D eigenvalue weighted by Crippen LogP contribution is -2.19. The first-order valence-corrected chi connectivity index (χ1v) is 12.5. The van der Waals surface area contributed by atoms with Gasteiger partial charge in [-0.3, -0.25) is 28.6 Å². The van der Waals surface area contributed by atoms with Crippen LogP contribution in [-0.2, 0) is 13.5 Å². The number of nitrogens with one attached hydrogen (secondary N) is 1. The monoisotopic (exact) mass is 472 g/mol. The Morgan fingerprint density at radius 1 is 1.21 bits per heavy atom. The fraction of sp³-hybridized carbons (Fsp3) is 0.409. The van der Waals surface area contributed by atoms with Gasteiger partial charge in [-0.2, -0.15) is 5.10 Å². The van der Waals surface area contributed by atoms with E-state index >= 15 is 0 Å². The Kier molecular flexibility index (Phi) is 6.63. The highest BCUT2D eigenvalue weighted by Gasteiger charge is 2.29. The van der Waals surface area contributed by atoms with Crippen molar-refractivity contribution in [1.29, 1.82) is 0 Å². The summed E-state index contributed by atoms with van der Waals surface area (Å²) in [7, 11) is -1.76. The van der Waals surface area contributed by atoms with Gasteiger partial charge in [-0.1, -0.05) is 26.3 Å². The van der Waals surface area contributed by atoms with Gasteiger partial charge < -0.3 is 9.72 Å². The standard InChI is InChI=1S/C22H28N6O4S/c1-4-7-15-18-19(28(3)27-15)22(29)26-21(25-18)14-8-6-9-16(20(14)32-12-5-2)33(30,31)17-13-23-10-11-24-17/h6,8-9,13,30-31H,4-5,7,10-12H2,1-3H3,(H,25,26,29). The van der Waals surface area contributed by atoms with E-state index in [9.17, 15) is 13.9 Å². The van der Waals surface area contributed by atoms with Gasteiger partial charge in [0.2, 0.25) is 0 Å². The van der Waals surface area contributed by atoms with E-state index < -0.39 is 10.6 Å². The SMILES string of the molecule is CCCOc1c(-c2nc3c(CCC)nn(C)c3c(=O)[nH]2)cccc1S(O)(O)C1=NCCN=C1. The lowest BCUT2D eigenvalue weighted by molar-refractivity contribution is 0.309. The average Bonchev–Trinajstić information content (AvgIpc) is 3.13. The van der Waals surface area contributed by atoms with Crippen LogP contribution in [0.3, 0.4) is 0 Å². The van der Waals surface area contributed by atoms with E-state index in [0.717, 1.165) is 12.1 Å².